The van der Waals surface area contributed by atoms with Gasteiger partial charge in [0.15, 0.2) is 5.78 Å². The highest BCUT2D eigenvalue weighted by atomic mass is 35.5. The summed E-state index contributed by atoms with van der Waals surface area (Å²) in [4.78, 5) is 39.9. The van der Waals surface area contributed by atoms with Gasteiger partial charge in [0.1, 0.15) is 5.02 Å². The van der Waals surface area contributed by atoms with Crippen molar-refractivity contribution in [2.24, 2.45) is 0 Å². The Morgan fingerprint density at radius 1 is 0.793 bits per heavy atom. The van der Waals surface area contributed by atoms with Gasteiger partial charge in [-0.15, -0.1) is 0 Å². The van der Waals surface area contributed by atoms with E-state index in [1.54, 1.807) is 42.5 Å². The molecule has 0 aliphatic rings. The molecule has 0 N–H and O–H groups in total. The first-order chi connectivity index (χ1) is 13.4. The van der Waals surface area contributed by atoms with E-state index in [0.29, 0.717) is 11.1 Å². The van der Waals surface area contributed by atoms with Crippen molar-refractivity contribution in [3.8, 4) is 11.8 Å². The van der Waals surface area contributed by atoms with Gasteiger partial charge in [-0.25, -0.2) is 9.59 Å². The fourth-order valence-electron chi connectivity index (χ4n) is 2.27. The molecule has 0 aliphatic carbocycles. The first-order valence-corrected chi connectivity index (χ1v) is 8.59. The van der Waals surface area contributed by atoms with Crippen LogP contribution < -0.4 is 9.47 Å². The van der Waals surface area contributed by atoms with Gasteiger partial charge in [-0.3, -0.25) is 4.79 Å². The number of esters is 2. The van der Waals surface area contributed by atoms with E-state index in [-0.39, 0.29) is 36.5 Å². The first kappa shape index (κ1) is 21.9. The molecule has 0 saturated heterocycles. The minimum Gasteiger partial charge on any atom is -0.404 e. The van der Waals surface area contributed by atoms with Crippen molar-refractivity contribution in [1.29, 1.82) is 0 Å². The van der Waals surface area contributed by atoms with Crippen LogP contribution in [0, 0.1) is 0 Å². The number of hydrogen-bond donors (Lipinski definition) is 0. The highest BCUT2D eigenvalue weighted by Crippen LogP contribution is 2.26. The molecule has 0 atom stereocenters. The fourth-order valence-corrected chi connectivity index (χ4v) is 2.42. The molecule has 0 unspecified atom stereocenters. The van der Waals surface area contributed by atoms with Gasteiger partial charge in [0, 0.05) is 20.0 Å². The molecule has 1 aromatic heterocycles. The number of rotatable bonds is 5. The largest absolute Gasteiger partial charge is 0.404 e. The van der Waals surface area contributed by atoms with Gasteiger partial charge in [-0.05, 0) is 37.3 Å². The topological polar surface area (TPSA) is 82.6 Å². The third-order valence-electron chi connectivity index (χ3n) is 3.69. The van der Waals surface area contributed by atoms with E-state index in [9.17, 15) is 14.4 Å². The summed E-state index contributed by atoms with van der Waals surface area (Å²) in [6.07, 6.45) is 0. The van der Waals surface area contributed by atoms with Crippen molar-refractivity contribution < 1.29 is 23.9 Å². The van der Waals surface area contributed by atoms with E-state index in [1.807, 2.05) is 0 Å². The zero-order valence-electron chi connectivity index (χ0n) is 15.3. The van der Waals surface area contributed by atoms with Crippen LogP contribution in [0.25, 0.3) is 0 Å². The van der Waals surface area contributed by atoms with Crippen LogP contribution in [0.2, 0.25) is 5.02 Å². The maximum absolute atomic E-state index is 12.4. The number of Topliss-reactive ketones (excluding diaryl/α,β-unsaturated/α-hetero) is 1. The molecule has 3 radical (unpaired) electrons. The summed E-state index contributed by atoms with van der Waals surface area (Å²) in [5, 5.41) is 0.0654. The number of carbonyl (C=O) groups excluding carboxylic acids is 3. The predicted octanol–water partition coefficient (Wildman–Crippen LogP) is 4.00. The van der Waals surface area contributed by atoms with Gasteiger partial charge < -0.3 is 9.47 Å². The Kier molecular flexibility index (Phi) is 7.28. The zero-order chi connectivity index (χ0) is 20.1. The third-order valence-corrected chi connectivity index (χ3v) is 3.98. The van der Waals surface area contributed by atoms with Gasteiger partial charge in [0.2, 0.25) is 11.8 Å². The van der Waals surface area contributed by atoms with Crippen molar-refractivity contribution in [3.05, 3.63) is 88.4 Å². The molecular formula is C21H14BClNO5. The predicted molar refractivity (Wildman–Crippen MR) is 108 cm³/mol. The summed E-state index contributed by atoms with van der Waals surface area (Å²) in [6.45, 7) is 1.40. The van der Waals surface area contributed by atoms with Crippen LogP contribution in [0.1, 0.15) is 38.0 Å². The summed E-state index contributed by atoms with van der Waals surface area (Å²) in [5.74, 6) is -1.82. The van der Waals surface area contributed by atoms with E-state index < -0.39 is 11.9 Å². The number of halogens is 1. The van der Waals surface area contributed by atoms with Crippen LogP contribution in [-0.4, -0.2) is 31.1 Å². The van der Waals surface area contributed by atoms with Crippen LogP contribution in [-0.2, 0) is 0 Å². The summed E-state index contributed by atoms with van der Waals surface area (Å²) >= 11 is 6.03. The summed E-state index contributed by atoms with van der Waals surface area (Å²) < 4.78 is 10.4. The molecule has 2 aromatic carbocycles. The average Bonchev–Trinajstić information content (AvgIpc) is 2.71. The van der Waals surface area contributed by atoms with Crippen molar-refractivity contribution in [3.63, 3.8) is 0 Å². The Hall–Kier alpha value is -3.45. The molecule has 0 aliphatic heterocycles. The lowest BCUT2D eigenvalue weighted by atomic mass is 10.1. The molecule has 3 rings (SSSR count). The van der Waals surface area contributed by atoms with E-state index in [4.69, 9.17) is 21.1 Å². The third kappa shape index (κ3) is 5.52. The Labute approximate surface area is 174 Å². The molecular weight excluding hydrogens is 392 g/mol. The number of benzene rings is 2. The van der Waals surface area contributed by atoms with Crippen molar-refractivity contribution >= 4 is 37.7 Å². The minimum absolute atomic E-state index is 0. The molecule has 29 heavy (non-hydrogen) atoms. The number of aromatic nitrogens is 1. The number of nitrogens with zero attached hydrogens (tertiary/aromatic N) is 1. The minimum atomic E-state index is -0.746. The average molecular weight is 407 g/mol. The number of ketones is 1. The molecule has 0 spiro atoms. The fraction of sp³-hybridized carbons (Fsp3) is 0.0476. The normalized spacial score (nSPS) is 9.86. The van der Waals surface area contributed by atoms with Gasteiger partial charge in [-0.2, -0.15) is 4.98 Å². The first-order valence-electron chi connectivity index (χ1n) is 8.21. The molecule has 0 fully saturated rings. The second kappa shape index (κ2) is 9.66. The quantitative estimate of drug-likeness (QED) is 0.362. The Morgan fingerprint density at radius 2 is 1.41 bits per heavy atom. The molecule has 3 aromatic rings. The SMILES string of the molecule is CC(=O)c1cccc(C(=O)Oc2nc(OC(=O)c3ccccc3)ccc2Cl)c1.[B]. The Morgan fingerprint density at radius 3 is 2.10 bits per heavy atom. The van der Waals surface area contributed by atoms with E-state index in [2.05, 4.69) is 4.98 Å². The monoisotopic (exact) mass is 406 g/mol. The maximum atomic E-state index is 12.4. The van der Waals surface area contributed by atoms with Crippen molar-refractivity contribution in [1.82, 2.24) is 4.98 Å². The molecule has 1 heterocycles. The van der Waals surface area contributed by atoms with Crippen LogP contribution in [0.4, 0.5) is 0 Å². The van der Waals surface area contributed by atoms with Gasteiger partial charge in [0.25, 0.3) is 0 Å². The number of ether oxygens (including phenoxy) is 2. The maximum Gasteiger partial charge on any atom is 0.344 e. The van der Waals surface area contributed by atoms with Crippen LogP contribution in [0.3, 0.4) is 0 Å². The van der Waals surface area contributed by atoms with Gasteiger partial charge >= 0.3 is 11.9 Å². The molecule has 143 valence electrons. The summed E-state index contributed by atoms with van der Waals surface area (Å²) in [6, 6.07) is 17.2. The number of carbonyl (C=O) groups is 3. The zero-order valence-corrected chi connectivity index (χ0v) is 16.1. The van der Waals surface area contributed by atoms with Crippen LogP contribution >= 0.6 is 11.6 Å². The molecule has 0 saturated carbocycles. The van der Waals surface area contributed by atoms with Crippen molar-refractivity contribution in [2.75, 3.05) is 0 Å². The second-order valence-corrected chi connectivity index (χ2v) is 6.13. The van der Waals surface area contributed by atoms with Gasteiger partial charge in [0.05, 0.1) is 11.1 Å². The van der Waals surface area contributed by atoms with Crippen LogP contribution in [0.5, 0.6) is 11.8 Å². The Balaban J connectivity index is 0.00000300. The van der Waals surface area contributed by atoms with Gasteiger partial charge in [-0.1, -0.05) is 41.9 Å². The number of pyridine rings is 1. The smallest absolute Gasteiger partial charge is 0.344 e. The highest BCUT2D eigenvalue weighted by Gasteiger charge is 2.16. The molecule has 6 nitrogen and oxygen atoms in total. The summed E-state index contributed by atoms with van der Waals surface area (Å²) in [7, 11) is 0. The summed E-state index contributed by atoms with van der Waals surface area (Å²) in [5.41, 5.74) is 0.884. The van der Waals surface area contributed by atoms with Crippen LogP contribution in [0.15, 0.2) is 66.7 Å². The lowest BCUT2D eigenvalue weighted by Crippen LogP contribution is -2.12. The number of hydrogen-bond acceptors (Lipinski definition) is 6. The second-order valence-electron chi connectivity index (χ2n) is 5.72. The highest BCUT2D eigenvalue weighted by molar-refractivity contribution is 6.32. The molecule has 0 bridgehead atoms. The van der Waals surface area contributed by atoms with Crippen molar-refractivity contribution in [2.45, 2.75) is 6.92 Å². The lowest BCUT2D eigenvalue weighted by Gasteiger charge is -2.08. The van der Waals surface area contributed by atoms with E-state index in [1.165, 1.54) is 31.2 Å². The van der Waals surface area contributed by atoms with E-state index in [0.717, 1.165) is 0 Å². The standard InChI is InChI=1S/C21H14ClNO5.B/c1-13(24)15-8-5-9-16(12-15)21(26)28-19-17(22)10-11-18(23-19)27-20(25)14-6-3-2-4-7-14;/h2-12H,1H3;. The molecule has 8 heteroatoms. The lowest BCUT2D eigenvalue weighted by molar-refractivity contribution is 0.0717. The Bertz CT molecular complexity index is 1060. The molecule has 0 amide bonds. The van der Waals surface area contributed by atoms with E-state index >= 15 is 0 Å².